The average molecular weight is 266 g/mol. The minimum atomic E-state index is -0.306. The van der Waals surface area contributed by atoms with Crippen molar-refractivity contribution in [3.63, 3.8) is 0 Å². The van der Waals surface area contributed by atoms with Gasteiger partial charge in [0.25, 0.3) is 0 Å². The SMILES string of the molecule is O=C(OCCN1CCOCC1)C1=CC2OC=CC2N1. The first-order valence-electron chi connectivity index (χ1n) is 6.61. The molecule has 2 atom stereocenters. The van der Waals surface area contributed by atoms with Gasteiger partial charge in [-0.05, 0) is 12.2 Å². The van der Waals surface area contributed by atoms with Crippen LogP contribution in [0.5, 0.6) is 0 Å². The van der Waals surface area contributed by atoms with Crippen LogP contribution in [-0.2, 0) is 19.0 Å². The number of rotatable bonds is 4. The van der Waals surface area contributed by atoms with E-state index in [9.17, 15) is 4.79 Å². The van der Waals surface area contributed by atoms with Gasteiger partial charge in [-0.15, -0.1) is 0 Å². The van der Waals surface area contributed by atoms with Crippen LogP contribution in [0.1, 0.15) is 0 Å². The third-order valence-corrected chi connectivity index (χ3v) is 3.49. The summed E-state index contributed by atoms with van der Waals surface area (Å²) in [4.78, 5) is 14.1. The molecule has 3 aliphatic rings. The lowest BCUT2D eigenvalue weighted by Gasteiger charge is -2.26. The molecule has 0 aromatic rings. The predicted octanol–water partition coefficient (Wildman–Crippen LogP) is -0.370. The van der Waals surface area contributed by atoms with Crippen molar-refractivity contribution in [1.29, 1.82) is 0 Å². The monoisotopic (exact) mass is 266 g/mol. The Kier molecular flexibility index (Phi) is 3.70. The van der Waals surface area contributed by atoms with E-state index in [0.717, 1.165) is 32.8 Å². The number of carbonyl (C=O) groups excluding carboxylic acids is 1. The number of morpholine rings is 1. The fraction of sp³-hybridized carbons (Fsp3) is 0.615. The summed E-state index contributed by atoms with van der Waals surface area (Å²) in [5, 5.41) is 3.08. The molecule has 19 heavy (non-hydrogen) atoms. The number of fused-ring (bicyclic) bond motifs is 1. The number of esters is 1. The van der Waals surface area contributed by atoms with Crippen LogP contribution in [-0.4, -0.2) is 62.5 Å². The van der Waals surface area contributed by atoms with Crippen LogP contribution >= 0.6 is 0 Å². The van der Waals surface area contributed by atoms with Crippen molar-refractivity contribution in [3.05, 3.63) is 24.1 Å². The molecule has 104 valence electrons. The van der Waals surface area contributed by atoms with Gasteiger partial charge in [0.05, 0.1) is 25.5 Å². The van der Waals surface area contributed by atoms with Crippen molar-refractivity contribution in [2.45, 2.75) is 12.1 Å². The molecule has 0 aromatic heterocycles. The maximum atomic E-state index is 11.8. The maximum Gasteiger partial charge on any atom is 0.354 e. The fourth-order valence-corrected chi connectivity index (χ4v) is 2.38. The summed E-state index contributed by atoms with van der Waals surface area (Å²) in [6.07, 6.45) is 5.26. The predicted molar refractivity (Wildman–Crippen MR) is 67.2 cm³/mol. The molecule has 0 spiro atoms. The summed E-state index contributed by atoms with van der Waals surface area (Å²) in [6, 6.07) is 0.0711. The Bertz CT molecular complexity index is 401. The molecular weight excluding hydrogens is 248 g/mol. The van der Waals surface area contributed by atoms with Gasteiger partial charge in [-0.2, -0.15) is 0 Å². The average Bonchev–Trinajstić information content (AvgIpc) is 3.00. The van der Waals surface area contributed by atoms with Crippen LogP contribution in [0.2, 0.25) is 0 Å². The zero-order valence-corrected chi connectivity index (χ0v) is 10.7. The van der Waals surface area contributed by atoms with Gasteiger partial charge in [-0.1, -0.05) is 0 Å². The second-order valence-corrected chi connectivity index (χ2v) is 4.77. The Morgan fingerprint density at radius 3 is 3.11 bits per heavy atom. The van der Waals surface area contributed by atoms with Crippen LogP contribution in [0.15, 0.2) is 24.1 Å². The Morgan fingerprint density at radius 1 is 1.47 bits per heavy atom. The van der Waals surface area contributed by atoms with Gasteiger partial charge < -0.3 is 19.5 Å². The summed E-state index contributed by atoms with van der Waals surface area (Å²) in [6.45, 7) is 4.49. The van der Waals surface area contributed by atoms with Gasteiger partial charge in [0, 0.05) is 19.6 Å². The first-order valence-corrected chi connectivity index (χ1v) is 6.61. The molecule has 3 rings (SSSR count). The molecule has 0 aliphatic carbocycles. The zero-order chi connectivity index (χ0) is 13.1. The molecule has 2 unspecified atom stereocenters. The van der Waals surface area contributed by atoms with Crippen molar-refractivity contribution in [2.24, 2.45) is 0 Å². The lowest BCUT2D eigenvalue weighted by atomic mass is 10.2. The smallest absolute Gasteiger partial charge is 0.354 e. The zero-order valence-electron chi connectivity index (χ0n) is 10.7. The minimum absolute atomic E-state index is 0.0678. The number of hydrogen-bond acceptors (Lipinski definition) is 6. The molecule has 1 fully saturated rings. The van der Waals surface area contributed by atoms with Gasteiger partial charge in [0.1, 0.15) is 18.4 Å². The Hall–Kier alpha value is -1.53. The van der Waals surface area contributed by atoms with E-state index in [1.54, 1.807) is 12.3 Å². The molecule has 1 N–H and O–H groups in total. The summed E-state index contributed by atoms with van der Waals surface area (Å²) in [5.41, 5.74) is 0.501. The highest BCUT2D eigenvalue weighted by Gasteiger charge is 2.32. The van der Waals surface area contributed by atoms with Gasteiger partial charge in [0.2, 0.25) is 0 Å². The van der Waals surface area contributed by atoms with Gasteiger partial charge in [-0.25, -0.2) is 4.79 Å². The standard InChI is InChI=1S/C13H18N2O4/c16-13(11-9-12-10(14-11)1-5-18-12)19-8-4-15-2-6-17-7-3-15/h1,5,9-10,12,14H,2-4,6-8H2. The van der Waals surface area contributed by atoms with E-state index < -0.39 is 0 Å². The Labute approximate surface area is 112 Å². The molecule has 0 amide bonds. The van der Waals surface area contributed by atoms with Crippen LogP contribution in [0.3, 0.4) is 0 Å². The van der Waals surface area contributed by atoms with E-state index in [-0.39, 0.29) is 18.1 Å². The van der Waals surface area contributed by atoms with Crippen molar-refractivity contribution < 1.29 is 19.0 Å². The summed E-state index contributed by atoms with van der Waals surface area (Å²) in [7, 11) is 0. The van der Waals surface area contributed by atoms with Crippen molar-refractivity contribution in [3.8, 4) is 0 Å². The fourth-order valence-electron chi connectivity index (χ4n) is 2.38. The molecule has 1 saturated heterocycles. The number of nitrogens with one attached hydrogen (secondary N) is 1. The maximum absolute atomic E-state index is 11.8. The molecule has 6 heteroatoms. The summed E-state index contributed by atoms with van der Waals surface area (Å²) < 4.78 is 15.8. The first kappa shape index (κ1) is 12.5. The lowest BCUT2D eigenvalue weighted by Crippen LogP contribution is -2.38. The van der Waals surface area contributed by atoms with E-state index in [4.69, 9.17) is 14.2 Å². The number of hydrogen-bond donors (Lipinski definition) is 1. The second kappa shape index (κ2) is 5.63. The normalized spacial score (nSPS) is 29.4. The Morgan fingerprint density at radius 2 is 2.32 bits per heavy atom. The van der Waals surface area contributed by atoms with Crippen molar-refractivity contribution in [2.75, 3.05) is 39.5 Å². The molecular formula is C13H18N2O4. The van der Waals surface area contributed by atoms with Crippen molar-refractivity contribution in [1.82, 2.24) is 10.2 Å². The highest BCUT2D eigenvalue weighted by Crippen LogP contribution is 2.20. The van der Waals surface area contributed by atoms with Crippen LogP contribution in [0.25, 0.3) is 0 Å². The quantitative estimate of drug-likeness (QED) is 0.701. The van der Waals surface area contributed by atoms with Crippen LogP contribution in [0, 0.1) is 0 Å². The molecule has 0 saturated carbocycles. The van der Waals surface area contributed by atoms with Crippen LogP contribution < -0.4 is 5.32 Å². The van der Waals surface area contributed by atoms with Gasteiger partial charge >= 0.3 is 5.97 Å². The summed E-state index contributed by atoms with van der Waals surface area (Å²) in [5.74, 6) is -0.306. The van der Waals surface area contributed by atoms with E-state index in [1.807, 2.05) is 6.08 Å². The highest BCUT2D eigenvalue weighted by molar-refractivity contribution is 5.88. The number of carbonyl (C=O) groups is 1. The first-order chi connectivity index (χ1) is 9.33. The van der Waals surface area contributed by atoms with E-state index in [1.165, 1.54) is 0 Å². The molecule has 0 radical (unpaired) electrons. The topological polar surface area (TPSA) is 60.0 Å². The largest absolute Gasteiger partial charge is 0.492 e. The van der Waals surface area contributed by atoms with E-state index in [2.05, 4.69) is 10.2 Å². The van der Waals surface area contributed by atoms with E-state index in [0.29, 0.717) is 12.3 Å². The van der Waals surface area contributed by atoms with E-state index >= 15 is 0 Å². The Balaban J connectivity index is 1.39. The third-order valence-electron chi connectivity index (χ3n) is 3.49. The van der Waals surface area contributed by atoms with Crippen LogP contribution in [0.4, 0.5) is 0 Å². The lowest BCUT2D eigenvalue weighted by molar-refractivity contribution is -0.140. The molecule has 3 heterocycles. The molecule has 0 bridgehead atoms. The molecule has 3 aliphatic heterocycles. The third kappa shape index (κ3) is 2.90. The summed E-state index contributed by atoms with van der Waals surface area (Å²) >= 11 is 0. The minimum Gasteiger partial charge on any atom is -0.492 e. The molecule has 6 nitrogen and oxygen atoms in total. The van der Waals surface area contributed by atoms with Crippen molar-refractivity contribution >= 4 is 5.97 Å². The van der Waals surface area contributed by atoms with Gasteiger partial charge in [0.15, 0.2) is 0 Å². The number of nitrogens with zero attached hydrogens (tertiary/aromatic N) is 1. The molecule has 0 aromatic carbocycles. The van der Waals surface area contributed by atoms with Gasteiger partial charge in [-0.3, -0.25) is 4.90 Å². The highest BCUT2D eigenvalue weighted by atomic mass is 16.5. The second-order valence-electron chi connectivity index (χ2n) is 4.77. The number of ether oxygens (including phenoxy) is 3.